The molecule has 1 unspecified atom stereocenters. The fourth-order valence-corrected chi connectivity index (χ4v) is 2.94. The van der Waals surface area contributed by atoms with Crippen molar-refractivity contribution in [2.24, 2.45) is 5.73 Å². The van der Waals surface area contributed by atoms with Crippen LogP contribution in [0.1, 0.15) is 43.5 Å². The van der Waals surface area contributed by atoms with Crippen molar-refractivity contribution in [3.8, 4) is 11.6 Å². The summed E-state index contributed by atoms with van der Waals surface area (Å²) in [5.41, 5.74) is 5.85. The highest BCUT2D eigenvalue weighted by Gasteiger charge is 2.18. The van der Waals surface area contributed by atoms with Crippen molar-refractivity contribution in [3.05, 3.63) is 30.0 Å². The van der Waals surface area contributed by atoms with Crippen LogP contribution in [0, 0.1) is 0 Å². The van der Waals surface area contributed by atoms with Crippen LogP contribution in [0.15, 0.2) is 24.4 Å². The molecular weight excluding hydrogens is 320 g/mol. The van der Waals surface area contributed by atoms with Crippen LogP contribution >= 0.6 is 0 Å². The van der Waals surface area contributed by atoms with E-state index in [-0.39, 0.29) is 12.2 Å². The predicted octanol–water partition coefficient (Wildman–Crippen LogP) is 3.07. The first kappa shape index (κ1) is 17.5. The number of amides is 1. The maximum atomic E-state index is 11.7. The fourth-order valence-electron chi connectivity index (χ4n) is 2.94. The molecule has 1 amide bonds. The summed E-state index contributed by atoms with van der Waals surface area (Å²) in [4.78, 5) is 16.1. The summed E-state index contributed by atoms with van der Waals surface area (Å²) < 4.78 is 17.4. The van der Waals surface area contributed by atoms with Crippen molar-refractivity contribution < 1.29 is 19.0 Å². The van der Waals surface area contributed by atoms with E-state index in [4.69, 9.17) is 19.9 Å². The lowest BCUT2D eigenvalue weighted by atomic mass is 10.1. The maximum Gasteiger partial charge on any atom is 0.252 e. The molecule has 0 bridgehead atoms. The highest BCUT2D eigenvalue weighted by Crippen LogP contribution is 2.31. The molecule has 2 heterocycles. The quantitative estimate of drug-likeness (QED) is 0.870. The molecule has 3 rings (SSSR count). The van der Waals surface area contributed by atoms with E-state index in [1.165, 1.54) is 0 Å². The van der Waals surface area contributed by atoms with Crippen molar-refractivity contribution in [2.75, 3.05) is 13.2 Å². The minimum Gasteiger partial charge on any atom is -0.490 e. The molecule has 6 nitrogen and oxygen atoms in total. The van der Waals surface area contributed by atoms with Crippen molar-refractivity contribution >= 4 is 16.7 Å². The topological polar surface area (TPSA) is 83.7 Å². The van der Waals surface area contributed by atoms with E-state index in [0.29, 0.717) is 23.8 Å². The molecule has 0 saturated carbocycles. The van der Waals surface area contributed by atoms with E-state index in [9.17, 15) is 4.79 Å². The average Bonchev–Trinajstić information content (AvgIpc) is 2.59. The first-order chi connectivity index (χ1) is 12.0. The van der Waals surface area contributed by atoms with E-state index >= 15 is 0 Å². The fraction of sp³-hybridized carbons (Fsp3) is 0.474. The van der Waals surface area contributed by atoms with Crippen LogP contribution < -0.4 is 15.2 Å². The normalized spacial score (nSPS) is 17.6. The molecule has 0 spiro atoms. The van der Waals surface area contributed by atoms with Crippen LogP contribution in [0.2, 0.25) is 0 Å². The molecular formula is C19H24N2O4. The maximum absolute atomic E-state index is 11.7. The van der Waals surface area contributed by atoms with Gasteiger partial charge in [-0.1, -0.05) is 0 Å². The molecule has 2 N–H and O–H groups in total. The number of nitrogens with zero attached hydrogens (tertiary/aromatic N) is 1. The highest BCUT2D eigenvalue weighted by molar-refractivity contribution is 6.01. The van der Waals surface area contributed by atoms with E-state index in [1.54, 1.807) is 18.3 Å². The van der Waals surface area contributed by atoms with Crippen LogP contribution in [0.3, 0.4) is 0 Å². The number of hydrogen-bond donors (Lipinski definition) is 1. The van der Waals surface area contributed by atoms with Crippen LogP contribution in [-0.4, -0.2) is 36.3 Å². The van der Waals surface area contributed by atoms with E-state index in [2.05, 4.69) is 4.98 Å². The molecule has 0 aliphatic carbocycles. The van der Waals surface area contributed by atoms with Crippen molar-refractivity contribution in [1.29, 1.82) is 0 Å². The monoisotopic (exact) mass is 344 g/mol. The van der Waals surface area contributed by atoms with Gasteiger partial charge in [0, 0.05) is 18.2 Å². The van der Waals surface area contributed by atoms with Gasteiger partial charge in [-0.15, -0.1) is 0 Å². The molecule has 1 aliphatic heterocycles. The van der Waals surface area contributed by atoms with Gasteiger partial charge in [0.05, 0.1) is 17.8 Å². The van der Waals surface area contributed by atoms with Gasteiger partial charge < -0.3 is 19.9 Å². The Bertz CT molecular complexity index is 754. The number of fused-ring (bicyclic) bond motifs is 1. The lowest BCUT2D eigenvalue weighted by Gasteiger charge is -2.22. The Hall–Kier alpha value is -2.34. The third-order valence-electron chi connectivity index (χ3n) is 4.14. The molecule has 1 aromatic heterocycles. The number of ether oxygens (including phenoxy) is 3. The summed E-state index contributed by atoms with van der Waals surface area (Å²) in [6.07, 6.45) is 4.94. The van der Waals surface area contributed by atoms with Crippen LogP contribution in [0.4, 0.5) is 0 Å². The van der Waals surface area contributed by atoms with Gasteiger partial charge in [0.25, 0.3) is 5.91 Å². The zero-order valence-electron chi connectivity index (χ0n) is 14.7. The second-order valence-corrected chi connectivity index (χ2v) is 6.52. The van der Waals surface area contributed by atoms with Gasteiger partial charge >= 0.3 is 0 Å². The SMILES string of the molecule is CC(C)Oc1cc2c(OCC3CCCCO3)nccc2cc1C(N)=O. The third kappa shape index (κ3) is 4.20. The van der Waals surface area contributed by atoms with E-state index in [1.807, 2.05) is 19.9 Å². The van der Waals surface area contributed by atoms with Gasteiger partial charge in [-0.05, 0) is 56.7 Å². The lowest BCUT2D eigenvalue weighted by Crippen LogP contribution is -2.26. The second kappa shape index (κ2) is 7.70. The standard InChI is InChI=1S/C19H24N2O4/c1-12(2)25-17-10-15-13(9-16(17)18(20)22)6-7-21-19(15)24-11-14-5-3-4-8-23-14/h6-7,9-10,12,14H,3-5,8,11H2,1-2H3,(H2,20,22). The zero-order valence-corrected chi connectivity index (χ0v) is 14.7. The number of benzene rings is 1. The van der Waals surface area contributed by atoms with Crippen LogP contribution in [0.25, 0.3) is 10.8 Å². The van der Waals surface area contributed by atoms with Gasteiger partial charge in [-0.3, -0.25) is 4.79 Å². The Morgan fingerprint density at radius 3 is 2.92 bits per heavy atom. The Labute approximate surface area is 147 Å². The number of nitrogens with two attached hydrogens (primary N) is 1. The molecule has 1 saturated heterocycles. The van der Waals surface area contributed by atoms with E-state index in [0.717, 1.165) is 36.6 Å². The highest BCUT2D eigenvalue weighted by atomic mass is 16.5. The number of carbonyl (C=O) groups is 1. The molecule has 6 heteroatoms. The minimum atomic E-state index is -0.521. The summed E-state index contributed by atoms with van der Waals surface area (Å²) >= 11 is 0. The minimum absolute atomic E-state index is 0.0766. The van der Waals surface area contributed by atoms with Gasteiger partial charge in [0.1, 0.15) is 12.4 Å². The summed E-state index contributed by atoms with van der Waals surface area (Å²) in [6, 6.07) is 5.32. The van der Waals surface area contributed by atoms with Crippen molar-refractivity contribution in [3.63, 3.8) is 0 Å². The molecule has 134 valence electrons. The van der Waals surface area contributed by atoms with Crippen molar-refractivity contribution in [1.82, 2.24) is 4.98 Å². The zero-order chi connectivity index (χ0) is 17.8. The van der Waals surface area contributed by atoms with Crippen molar-refractivity contribution in [2.45, 2.75) is 45.3 Å². The predicted molar refractivity (Wildman–Crippen MR) is 95.1 cm³/mol. The lowest BCUT2D eigenvalue weighted by molar-refractivity contribution is -0.0116. The smallest absolute Gasteiger partial charge is 0.252 e. The van der Waals surface area contributed by atoms with Gasteiger partial charge in [-0.2, -0.15) is 0 Å². The average molecular weight is 344 g/mol. The third-order valence-corrected chi connectivity index (χ3v) is 4.14. The molecule has 2 aromatic rings. The first-order valence-corrected chi connectivity index (χ1v) is 8.68. The number of rotatable bonds is 6. The van der Waals surface area contributed by atoms with Gasteiger partial charge in [-0.25, -0.2) is 4.98 Å². The molecule has 1 fully saturated rings. The molecule has 1 aliphatic rings. The summed E-state index contributed by atoms with van der Waals surface area (Å²) in [5, 5.41) is 1.62. The van der Waals surface area contributed by atoms with E-state index < -0.39 is 5.91 Å². The Balaban J connectivity index is 1.91. The number of carbonyl (C=O) groups excluding carboxylic acids is 1. The number of aromatic nitrogens is 1. The Morgan fingerprint density at radius 1 is 1.40 bits per heavy atom. The second-order valence-electron chi connectivity index (χ2n) is 6.52. The molecule has 1 atom stereocenters. The summed E-state index contributed by atoms with van der Waals surface area (Å²) in [5.74, 6) is 0.436. The van der Waals surface area contributed by atoms with Crippen LogP contribution in [-0.2, 0) is 4.74 Å². The van der Waals surface area contributed by atoms with Gasteiger partial charge in [0.15, 0.2) is 0 Å². The number of primary amides is 1. The van der Waals surface area contributed by atoms with Crippen LogP contribution in [0.5, 0.6) is 11.6 Å². The Morgan fingerprint density at radius 2 is 2.24 bits per heavy atom. The van der Waals surface area contributed by atoms with Gasteiger partial charge in [0.2, 0.25) is 5.88 Å². The summed E-state index contributed by atoms with van der Waals surface area (Å²) in [7, 11) is 0. The molecule has 1 aromatic carbocycles. The molecule has 25 heavy (non-hydrogen) atoms. The first-order valence-electron chi connectivity index (χ1n) is 8.68. The Kier molecular flexibility index (Phi) is 5.38. The molecule has 0 radical (unpaired) electrons. The summed E-state index contributed by atoms with van der Waals surface area (Å²) in [6.45, 7) is 5.04. The number of pyridine rings is 1. The number of hydrogen-bond acceptors (Lipinski definition) is 5. The largest absolute Gasteiger partial charge is 0.490 e.